The van der Waals surface area contributed by atoms with Gasteiger partial charge in [-0.05, 0) is 18.4 Å². The van der Waals surface area contributed by atoms with Crippen LogP contribution in [0.1, 0.15) is 25.8 Å². The highest BCUT2D eigenvalue weighted by atomic mass is 19.1. The van der Waals surface area contributed by atoms with E-state index >= 15 is 0 Å². The Balaban J connectivity index is 2.35. The van der Waals surface area contributed by atoms with E-state index in [2.05, 4.69) is 10.6 Å². The molecule has 0 heterocycles. The molecule has 1 aromatic carbocycles. The lowest BCUT2D eigenvalue weighted by molar-refractivity contribution is -0.139. The minimum atomic E-state index is -0.744. The molecule has 2 N–H and O–H groups in total. The predicted molar refractivity (Wildman–Crippen MR) is 70.7 cm³/mol. The highest BCUT2D eigenvalue weighted by molar-refractivity contribution is 6.35. The topological polar surface area (TPSA) is 58.2 Å². The molecule has 5 heteroatoms. The Morgan fingerprint density at radius 2 is 1.79 bits per heavy atom. The summed E-state index contributed by atoms with van der Waals surface area (Å²) in [4.78, 5) is 22.9. The van der Waals surface area contributed by atoms with Crippen LogP contribution in [-0.2, 0) is 16.1 Å². The van der Waals surface area contributed by atoms with E-state index < -0.39 is 17.6 Å². The molecule has 0 saturated carbocycles. The van der Waals surface area contributed by atoms with E-state index in [1.54, 1.807) is 18.2 Å². The third-order valence-electron chi connectivity index (χ3n) is 2.61. The van der Waals surface area contributed by atoms with Crippen LogP contribution in [0.15, 0.2) is 24.3 Å². The van der Waals surface area contributed by atoms with Crippen LogP contribution in [0, 0.1) is 11.7 Å². The monoisotopic (exact) mass is 266 g/mol. The van der Waals surface area contributed by atoms with Crippen molar-refractivity contribution in [1.82, 2.24) is 10.6 Å². The second-order valence-electron chi connectivity index (χ2n) is 4.71. The maximum atomic E-state index is 13.3. The molecule has 0 fully saturated rings. The van der Waals surface area contributed by atoms with Crippen molar-refractivity contribution in [1.29, 1.82) is 0 Å². The first-order valence-electron chi connectivity index (χ1n) is 6.30. The molecule has 0 aliphatic carbocycles. The first-order valence-corrected chi connectivity index (χ1v) is 6.30. The molecular formula is C14H19FN2O2. The quantitative estimate of drug-likeness (QED) is 0.795. The van der Waals surface area contributed by atoms with Crippen molar-refractivity contribution < 1.29 is 14.0 Å². The van der Waals surface area contributed by atoms with Gasteiger partial charge in [-0.3, -0.25) is 9.59 Å². The molecule has 0 aromatic heterocycles. The summed E-state index contributed by atoms with van der Waals surface area (Å²) in [5.74, 6) is -1.37. The van der Waals surface area contributed by atoms with Gasteiger partial charge in [-0.2, -0.15) is 0 Å². The van der Waals surface area contributed by atoms with E-state index in [0.717, 1.165) is 6.42 Å². The number of nitrogens with one attached hydrogen (secondary N) is 2. The maximum absolute atomic E-state index is 13.3. The zero-order chi connectivity index (χ0) is 14.3. The van der Waals surface area contributed by atoms with Gasteiger partial charge in [0.15, 0.2) is 0 Å². The lowest BCUT2D eigenvalue weighted by Crippen LogP contribution is -2.40. The number of carbonyl (C=O) groups is 2. The van der Waals surface area contributed by atoms with E-state index in [1.807, 2.05) is 13.8 Å². The van der Waals surface area contributed by atoms with E-state index in [1.165, 1.54) is 6.07 Å². The van der Waals surface area contributed by atoms with Crippen molar-refractivity contribution in [3.63, 3.8) is 0 Å². The smallest absolute Gasteiger partial charge is 0.309 e. The molecule has 0 unspecified atom stereocenters. The summed E-state index contributed by atoms with van der Waals surface area (Å²) in [6.07, 6.45) is 0.812. The van der Waals surface area contributed by atoms with Gasteiger partial charge in [0.1, 0.15) is 5.82 Å². The number of carbonyl (C=O) groups excluding carboxylic acids is 2. The van der Waals surface area contributed by atoms with Crippen LogP contribution in [0.5, 0.6) is 0 Å². The normalized spacial score (nSPS) is 10.3. The van der Waals surface area contributed by atoms with Crippen LogP contribution < -0.4 is 10.6 Å². The van der Waals surface area contributed by atoms with Gasteiger partial charge in [0, 0.05) is 18.7 Å². The Morgan fingerprint density at radius 1 is 1.16 bits per heavy atom. The molecule has 0 bridgehead atoms. The van der Waals surface area contributed by atoms with Gasteiger partial charge in [-0.15, -0.1) is 0 Å². The molecular weight excluding hydrogens is 247 g/mol. The lowest BCUT2D eigenvalue weighted by Gasteiger charge is -2.08. The van der Waals surface area contributed by atoms with E-state index in [4.69, 9.17) is 0 Å². The Bertz CT molecular complexity index is 447. The lowest BCUT2D eigenvalue weighted by atomic mass is 10.1. The van der Waals surface area contributed by atoms with E-state index in [-0.39, 0.29) is 6.54 Å². The third-order valence-corrected chi connectivity index (χ3v) is 2.61. The molecule has 0 atom stereocenters. The molecule has 19 heavy (non-hydrogen) atoms. The van der Waals surface area contributed by atoms with Crippen molar-refractivity contribution in [3.8, 4) is 0 Å². The standard InChI is InChI=1S/C14H19FN2O2/c1-10(2)7-8-16-13(18)14(19)17-9-11-5-3-4-6-12(11)15/h3-6,10H,7-9H2,1-2H3,(H,16,18)(H,17,19). The van der Waals surface area contributed by atoms with Gasteiger partial charge < -0.3 is 10.6 Å². The molecule has 0 saturated heterocycles. The maximum Gasteiger partial charge on any atom is 0.309 e. The van der Waals surface area contributed by atoms with Crippen molar-refractivity contribution in [2.75, 3.05) is 6.54 Å². The molecule has 2 amide bonds. The Kier molecular flexibility index (Phi) is 5.99. The second kappa shape index (κ2) is 7.51. The van der Waals surface area contributed by atoms with Gasteiger partial charge in [-0.25, -0.2) is 4.39 Å². The largest absolute Gasteiger partial charge is 0.348 e. The van der Waals surface area contributed by atoms with Gasteiger partial charge in [0.05, 0.1) is 0 Å². The highest BCUT2D eigenvalue weighted by Crippen LogP contribution is 2.05. The average Bonchev–Trinajstić information content (AvgIpc) is 2.36. The molecule has 0 aliphatic rings. The highest BCUT2D eigenvalue weighted by Gasteiger charge is 2.13. The fraction of sp³-hybridized carbons (Fsp3) is 0.429. The van der Waals surface area contributed by atoms with Gasteiger partial charge in [0.2, 0.25) is 0 Å². The SMILES string of the molecule is CC(C)CCNC(=O)C(=O)NCc1ccccc1F. The molecule has 0 radical (unpaired) electrons. The van der Waals surface area contributed by atoms with Crippen molar-refractivity contribution >= 4 is 11.8 Å². The minimum absolute atomic E-state index is 0.00308. The predicted octanol–water partition coefficient (Wildman–Crippen LogP) is 1.60. The van der Waals surface area contributed by atoms with Crippen LogP contribution >= 0.6 is 0 Å². The Morgan fingerprint density at radius 3 is 2.42 bits per heavy atom. The summed E-state index contributed by atoms with van der Waals surface area (Å²) in [6, 6.07) is 6.11. The molecule has 104 valence electrons. The van der Waals surface area contributed by atoms with Crippen LogP contribution in [0.2, 0.25) is 0 Å². The third kappa shape index (κ3) is 5.50. The van der Waals surface area contributed by atoms with Crippen LogP contribution in [-0.4, -0.2) is 18.4 Å². The minimum Gasteiger partial charge on any atom is -0.348 e. The molecule has 1 rings (SSSR count). The zero-order valence-electron chi connectivity index (χ0n) is 11.2. The summed E-state index contributed by atoms with van der Waals surface area (Å²) < 4.78 is 13.3. The van der Waals surface area contributed by atoms with Crippen molar-refractivity contribution in [3.05, 3.63) is 35.6 Å². The summed E-state index contributed by atoms with van der Waals surface area (Å²) >= 11 is 0. The first kappa shape index (κ1) is 15.1. The Labute approximate surface area is 112 Å². The molecule has 1 aromatic rings. The molecule has 0 spiro atoms. The van der Waals surface area contributed by atoms with Crippen LogP contribution in [0.3, 0.4) is 0 Å². The van der Waals surface area contributed by atoms with E-state index in [0.29, 0.717) is 18.0 Å². The summed E-state index contributed by atoms with van der Waals surface area (Å²) in [7, 11) is 0. The number of amides is 2. The van der Waals surface area contributed by atoms with Crippen molar-refractivity contribution in [2.45, 2.75) is 26.8 Å². The average molecular weight is 266 g/mol. The van der Waals surface area contributed by atoms with Gasteiger partial charge >= 0.3 is 11.8 Å². The summed E-state index contributed by atoms with van der Waals surface area (Å²) in [5.41, 5.74) is 0.353. The number of rotatable bonds is 5. The second-order valence-corrected chi connectivity index (χ2v) is 4.71. The number of hydrogen-bond acceptors (Lipinski definition) is 2. The zero-order valence-corrected chi connectivity index (χ0v) is 11.2. The number of halogens is 1. The fourth-order valence-electron chi connectivity index (χ4n) is 1.45. The first-order chi connectivity index (χ1) is 9.00. The molecule has 4 nitrogen and oxygen atoms in total. The number of hydrogen-bond donors (Lipinski definition) is 2. The van der Waals surface area contributed by atoms with Crippen LogP contribution in [0.25, 0.3) is 0 Å². The van der Waals surface area contributed by atoms with Crippen LogP contribution in [0.4, 0.5) is 4.39 Å². The van der Waals surface area contributed by atoms with E-state index in [9.17, 15) is 14.0 Å². The Hall–Kier alpha value is -1.91. The molecule has 0 aliphatic heterocycles. The number of benzene rings is 1. The van der Waals surface area contributed by atoms with Gasteiger partial charge in [0.25, 0.3) is 0 Å². The fourth-order valence-corrected chi connectivity index (χ4v) is 1.45. The summed E-state index contributed by atoms with van der Waals surface area (Å²) in [6.45, 7) is 4.53. The van der Waals surface area contributed by atoms with Gasteiger partial charge in [-0.1, -0.05) is 32.0 Å². The van der Waals surface area contributed by atoms with Crippen molar-refractivity contribution in [2.24, 2.45) is 5.92 Å². The summed E-state index contributed by atoms with van der Waals surface area (Å²) in [5, 5.41) is 4.91.